The van der Waals surface area contributed by atoms with Crippen molar-refractivity contribution in [3.63, 3.8) is 0 Å². The second kappa shape index (κ2) is 15.7. The summed E-state index contributed by atoms with van der Waals surface area (Å²) in [5, 5.41) is 14.9. The van der Waals surface area contributed by atoms with Gasteiger partial charge in [-0.05, 0) is 0 Å². The van der Waals surface area contributed by atoms with E-state index in [9.17, 15) is 4.79 Å². The first-order valence-corrected chi connectivity index (χ1v) is 1.79. The van der Waals surface area contributed by atoms with Crippen molar-refractivity contribution in [3.05, 3.63) is 25.5 Å². The number of aliphatic hydroxyl groups excluding tert-OH is 1. The Kier molecular flexibility index (Phi) is 27.6. The summed E-state index contributed by atoms with van der Waals surface area (Å²) in [5.41, 5.74) is 0. The zero-order valence-corrected chi connectivity index (χ0v) is 7.37. The van der Waals surface area contributed by atoms with E-state index in [-0.39, 0.29) is 31.0 Å². The molecule has 1 radical (unpaired) electrons. The van der Waals surface area contributed by atoms with Crippen molar-refractivity contribution < 1.29 is 16.4 Å². The molecule has 0 aromatic carbocycles. The van der Waals surface area contributed by atoms with Gasteiger partial charge in [0.1, 0.15) is 0 Å². The first-order valence-electron chi connectivity index (χ1n) is 1.79. The van der Waals surface area contributed by atoms with Crippen molar-refractivity contribution >= 4 is 35.5 Å². The third kappa shape index (κ3) is 83.7. The molecule has 4 heteroatoms. The SMILES string of the molecule is C=CC(=O)O.C=CO.[HH].[Na]. The second-order valence-electron chi connectivity index (χ2n) is 0.725. The average molecular weight is 141 g/mol. The van der Waals surface area contributed by atoms with Crippen molar-refractivity contribution in [2.24, 2.45) is 0 Å². The fourth-order valence-corrected chi connectivity index (χ4v) is 0. The minimum atomic E-state index is -0.981. The van der Waals surface area contributed by atoms with Crippen molar-refractivity contribution in [2.75, 3.05) is 0 Å². The van der Waals surface area contributed by atoms with Crippen molar-refractivity contribution in [3.8, 4) is 0 Å². The molecule has 0 heterocycles. The van der Waals surface area contributed by atoms with Crippen LogP contribution in [0.1, 0.15) is 1.43 Å². The average Bonchev–Trinajstić information content (AvgIpc) is 1.69. The Bertz CT molecular complexity index is 94.9. The van der Waals surface area contributed by atoms with Crippen LogP contribution in [0, 0.1) is 0 Å². The molecular weight excluding hydrogens is 131 g/mol. The number of carbonyl (C=O) groups is 1. The summed E-state index contributed by atoms with van der Waals surface area (Å²) >= 11 is 0. The van der Waals surface area contributed by atoms with Gasteiger partial charge < -0.3 is 10.2 Å². The van der Waals surface area contributed by atoms with E-state index in [4.69, 9.17) is 10.2 Å². The zero-order chi connectivity index (χ0) is 6.99. The molecule has 0 aliphatic heterocycles. The van der Waals surface area contributed by atoms with Crippen LogP contribution in [0.5, 0.6) is 0 Å². The van der Waals surface area contributed by atoms with Crippen LogP contribution in [0.3, 0.4) is 0 Å². The molecule has 2 N–H and O–H groups in total. The van der Waals surface area contributed by atoms with Crippen LogP contribution in [0.4, 0.5) is 0 Å². The van der Waals surface area contributed by atoms with Gasteiger partial charge in [0.05, 0.1) is 6.26 Å². The molecule has 0 aliphatic rings. The maximum atomic E-state index is 9.25. The maximum absolute atomic E-state index is 9.25. The summed E-state index contributed by atoms with van der Waals surface area (Å²) in [7, 11) is 0. The van der Waals surface area contributed by atoms with Gasteiger partial charge in [-0.2, -0.15) is 0 Å². The predicted octanol–water partition coefficient (Wildman–Crippen LogP) is 0.810. The summed E-state index contributed by atoms with van der Waals surface area (Å²) in [6.45, 7) is 5.88. The van der Waals surface area contributed by atoms with Crippen LogP contribution in [0.25, 0.3) is 0 Å². The summed E-state index contributed by atoms with van der Waals surface area (Å²) in [4.78, 5) is 9.25. The Morgan fingerprint density at radius 3 is 1.67 bits per heavy atom. The van der Waals surface area contributed by atoms with Gasteiger partial charge in [0.15, 0.2) is 0 Å². The first kappa shape index (κ1) is 15.9. The van der Waals surface area contributed by atoms with Crippen molar-refractivity contribution in [1.29, 1.82) is 0 Å². The van der Waals surface area contributed by atoms with Gasteiger partial charge in [0.25, 0.3) is 0 Å². The van der Waals surface area contributed by atoms with Crippen LogP contribution >= 0.6 is 0 Å². The normalized spacial score (nSPS) is 4.89. The van der Waals surface area contributed by atoms with Crippen LogP contribution in [-0.4, -0.2) is 45.7 Å². The molecule has 3 nitrogen and oxygen atoms in total. The van der Waals surface area contributed by atoms with Gasteiger partial charge in [-0.15, -0.1) is 0 Å². The van der Waals surface area contributed by atoms with Crippen LogP contribution in [0.2, 0.25) is 0 Å². The molecule has 9 heavy (non-hydrogen) atoms. The van der Waals surface area contributed by atoms with Gasteiger partial charge in [0.2, 0.25) is 0 Å². The number of aliphatic carboxylic acids is 1. The number of carboxylic acid groups (broad SMARTS) is 1. The second-order valence-corrected chi connectivity index (χ2v) is 0.725. The molecular formula is C5H10NaO3. The quantitative estimate of drug-likeness (QED) is 0.322. The van der Waals surface area contributed by atoms with Crippen molar-refractivity contribution in [2.45, 2.75) is 0 Å². The zero-order valence-electron chi connectivity index (χ0n) is 5.37. The molecule has 0 amide bonds. The molecule has 0 aliphatic carbocycles. The van der Waals surface area contributed by atoms with E-state index in [0.717, 1.165) is 12.3 Å². The van der Waals surface area contributed by atoms with Crippen LogP contribution in [0.15, 0.2) is 25.5 Å². The standard InChI is InChI=1S/C3H4O2.C2H4O.Na.H2/c1-2-3(4)5;1-2-3;;/h2H,1H2,(H,4,5);2-3H,1H2;;1H. The number of carboxylic acids is 1. The molecule has 0 bridgehead atoms. The van der Waals surface area contributed by atoms with E-state index >= 15 is 0 Å². The third-order valence-electron chi connectivity index (χ3n) is 0.175. The molecule has 0 aromatic rings. The minimum Gasteiger partial charge on any atom is -0.516 e. The molecule has 0 saturated carbocycles. The Balaban J connectivity index is -0.0000000326. The van der Waals surface area contributed by atoms with Gasteiger partial charge in [-0.3, -0.25) is 0 Å². The molecule has 0 aromatic heterocycles. The first-order chi connectivity index (χ1) is 3.68. The van der Waals surface area contributed by atoms with Crippen LogP contribution < -0.4 is 0 Å². The fraction of sp³-hybridized carbons (Fsp3) is 0. The summed E-state index contributed by atoms with van der Waals surface area (Å²) < 4.78 is 0. The Morgan fingerprint density at radius 2 is 1.67 bits per heavy atom. The van der Waals surface area contributed by atoms with E-state index in [1.807, 2.05) is 0 Å². The number of hydrogen-bond donors (Lipinski definition) is 2. The van der Waals surface area contributed by atoms with Crippen LogP contribution in [-0.2, 0) is 4.79 Å². The number of rotatable bonds is 1. The Morgan fingerprint density at radius 1 is 1.56 bits per heavy atom. The van der Waals surface area contributed by atoms with E-state index in [0.29, 0.717) is 0 Å². The molecule has 0 rings (SSSR count). The van der Waals surface area contributed by atoms with Gasteiger partial charge >= 0.3 is 5.97 Å². The molecule has 0 fully saturated rings. The molecule has 0 spiro atoms. The Labute approximate surface area is 77.5 Å². The van der Waals surface area contributed by atoms with E-state index in [1.54, 1.807) is 0 Å². The largest absolute Gasteiger partial charge is 0.516 e. The van der Waals surface area contributed by atoms with Gasteiger partial charge in [-0.25, -0.2) is 4.79 Å². The summed E-state index contributed by atoms with van der Waals surface area (Å²) in [5.74, 6) is -0.981. The monoisotopic (exact) mass is 141 g/mol. The smallest absolute Gasteiger partial charge is 0.327 e. The molecule has 49 valence electrons. The number of hydrogen-bond acceptors (Lipinski definition) is 2. The molecule has 0 saturated heterocycles. The van der Waals surface area contributed by atoms with Crippen molar-refractivity contribution in [1.82, 2.24) is 0 Å². The van der Waals surface area contributed by atoms with Gasteiger partial charge in [0, 0.05) is 37.1 Å². The maximum Gasteiger partial charge on any atom is 0.327 e. The van der Waals surface area contributed by atoms with E-state index in [1.165, 1.54) is 0 Å². The van der Waals surface area contributed by atoms with Gasteiger partial charge in [-0.1, -0.05) is 13.2 Å². The molecule has 0 unspecified atom stereocenters. The Hall–Kier alpha value is -0.250. The van der Waals surface area contributed by atoms with E-state index in [2.05, 4.69) is 13.2 Å². The summed E-state index contributed by atoms with van der Waals surface area (Å²) in [6.07, 6.45) is 1.58. The minimum absolute atomic E-state index is 0. The summed E-state index contributed by atoms with van der Waals surface area (Å²) in [6, 6.07) is 0. The predicted molar refractivity (Wildman–Crippen MR) is 38.5 cm³/mol. The third-order valence-corrected chi connectivity index (χ3v) is 0.175. The topological polar surface area (TPSA) is 57.5 Å². The number of aliphatic hydroxyl groups is 1. The fourth-order valence-electron chi connectivity index (χ4n) is 0. The van der Waals surface area contributed by atoms with E-state index < -0.39 is 5.97 Å². The molecule has 0 atom stereocenters.